The molecular weight excluding hydrogens is 342 g/mol. The van der Waals surface area contributed by atoms with Gasteiger partial charge in [0.05, 0.1) is 6.04 Å². The van der Waals surface area contributed by atoms with Crippen LogP contribution >= 0.6 is 0 Å². The van der Waals surface area contributed by atoms with Crippen LogP contribution in [-0.4, -0.2) is 25.1 Å². The van der Waals surface area contributed by atoms with Crippen molar-refractivity contribution >= 4 is 11.9 Å². The van der Waals surface area contributed by atoms with Gasteiger partial charge >= 0.3 is 5.97 Å². The molecule has 2 rings (SSSR count). The molecule has 0 saturated heterocycles. The molecular formula is C22H27NO4. The van der Waals surface area contributed by atoms with E-state index in [4.69, 9.17) is 9.47 Å². The maximum absolute atomic E-state index is 12.0. The number of carbonyl (C=O) groups excluding carboxylic acids is 2. The number of benzene rings is 2. The van der Waals surface area contributed by atoms with Gasteiger partial charge in [-0.3, -0.25) is 4.79 Å². The Hall–Kier alpha value is -2.82. The predicted octanol–water partition coefficient (Wildman–Crippen LogP) is 3.92. The fraction of sp³-hybridized carbons (Fsp3) is 0.364. The Balaban J connectivity index is 1.79. The van der Waals surface area contributed by atoms with E-state index in [-0.39, 0.29) is 31.1 Å². The van der Waals surface area contributed by atoms with Gasteiger partial charge in [-0.05, 0) is 42.5 Å². The lowest BCUT2D eigenvalue weighted by molar-refractivity contribution is -0.150. The standard InChI is InChI=1S/C22H27NO4/c1-15(2)19-11-10-16(3)12-20(19)26-14-22(25)27-13-21(24)23-17(4)18-8-6-5-7-9-18/h5-12,15,17H,13-14H2,1-4H3,(H,23,24). The number of amides is 1. The van der Waals surface area contributed by atoms with Crippen molar-refractivity contribution in [1.82, 2.24) is 5.32 Å². The third-order valence-electron chi connectivity index (χ3n) is 4.18. The van der Waals surface area contributed by atoms with Crippen molar-refractivity contribution in [2.75, 3.05) is 13.2 Å². The molecule has 0 fully saturated rings. The lowest BCUT2D eigenvalue weighted by Gasteiger charge is -2.15. The van der Waals surface area contributed by atoms with Gasteiger partial charge in [-0.15, -0.1) is 0 Å². The minimum Gasteiger partial charge on any atom is -0.482 e. The summed E-state index contributed by atoms with van der Waals surface area (Å²) in [5, 5.41) is 2.80. The monoisotopic (exact) mass is 369 g/mol. The first-order valence-corrected chi connectivity index (χ1v) is 9.10. The minimum absolute atomic E-state index is 0.158. The quantitative estimate of drug-likeness (QED) is 0.717. The van der Waals surface area contributed by atoms with Gasteiger partial charge < -0.3 is 14.8 Å². The van der Waals surface area contributed by atoms with Gasteiger partial charge in [-0.25, -0.2) is 4.79 Å². The summed E-state index contributed by atoms with van der Waals surface area (Å²) in [5.41, 5.74) is 3.07. The van der Waals surface area contributed by atoms with E-state index in [0.29, 0.717) is 5.75 Å². The third-order valence-corrected chi connectivity index (χ3v) is 4.18. The first kappa shape index (κ1) is 20.5. The lowest BCUT2D eigenvalue weighted by Crippen LogP contribution is -2.32. The smallest absolute Gasteiger partial charge is 0.344 e. The second-order valence-corrected chi connectivity index (χ2v) is 6.85. The summed E-state index contributed by atoms with van der Waals surface area (Å²) in [6.07, 6.45) is 0. The fourth-order valence-corrected chi connectivity index (χ4v) is 2.68. The topological polar surface area (TPSA) is 64.6 Å². The number of hydrogen-bond acceptors (Lipinski definition) is 4. The van der Waals surface area contributed by atoms with Gasteiger partial charge in [-0.1, -0.05) is 56.3 Å². The zero-order valence-electron chi connectivity index (χ0n) is 16.3. The summed E-state index contributed by atoms with van der Waals surface area (Å²) < 4.78 is 10.6. The van der Waals surface area contributed by atoms with Crippen LogP contribution in [0.2, 0.25) is 0 Å². The van der Waals surface area contributed by atoms with Gasteiger partial charge in [0.25, 0.3) is 5.91 Å². The average Bonchev–Trinajstić information content (AvgIpc) is 2.65. The molecule has 144 valence electrons. The van der Waals surface area contributed by atoms with Crippen molar-refractivity contribution in [2.45, 2.75) is 39.7 Å². The summed E-state index contributed by atoms with van der Waals surface area (Å²) in [7, 11) is 0. The Kier molecular flexibility index (Phi) is 7.41. The fourth-order valence-electron chi connectivity index (χ4n) is 2.68. The van der Waals surface area contributed by atoms with Crippen molar-refractivity contribution in [1.29, 1.82) is 0 Å². The van der Waals surface area contributed by atoms with Crippen molar-refractivity contribution in [3.05, 3.63) is 65.2 Å². The Morgan fingerprint density at radius 2 is 1.70 bits per heavy atom. The van der Waals surface area contributed by atoms with E-state index in [1.54, 1.807) is 0 Å². The van der Waals surface area contributed by atoms with Crippen LogP contribution in [0.15, 0.2) is 48.5 Å². The maximum atomic E-state index is 12.0. The second-order valence-electron chi connectivity index (χ2n) is 6.85. The van der Waals surface area contributed by atoms with E-state index in [2.05, 4.69) is 19.2 Å². The largest absolute Gasteiger partial charge is 0.482 e. The number of hydrogen-bond donors (Lipinski definition) is 1. The van der Waals surface area contributed by atoms with Gasteiger partial charge in [-0.2, -0.15) is 0 Å². The molecule has 5 nitrogen and oxygen atoms in total. The molecule has 0 spiro atoms. The van der Waals surface area contributed by atoms with Crippen LogP contribution in [0.3, 0.4) is 0 Å². The molecule has 0 aliphatic heterocycles. The molecule has 27 heavy (non-hydrogen) atoms. The van der Waals surface area contributed by atoms with E-state index in [9.17, 15) is 9.59 Å². The molecule has 0 aliphatic carbocycles. The number of rotatable bonds is 8. The molecule has 0 bridgehead atoms. The first-order valence-electron chi connectivity index (χ1n) is 9.10. The van der Waals surface area contributed by atoms with E-state index in [1.165, 1.54) is 0 Å². The molecule has 2 aromatic rings. The predicted molar refractivity (Wildman–Crippen MR) is 105 cm³/mol. The molecule has 1 amide bonds. The lowest BCUT2D eigenvalue weighted by atomic mass is 10.0. The normalized spacial score (nSPS) is 11.7. The Bertz CT molecular complexity index is 771. The highest BCUT2D eigenvalue weighted by molar-refractivity contribution is 5.81. The number of nitrogens with one attached hydrogen (secondary N) is 1. The van der Waals surface area contributed by atoms with Crippen LogP contribution in [0, 0.1) is 6.92 Å². The molecule has 2 aromatic carbocycles. The Morgan fingerprint density at radius 3 is 2.37 bits per heavy atom. The van der Waals surface area contributed by atoms with E-state index < -0.39 is 5.97 Å². The van der Waals surface area contributed by atoms with Crippen molar-refractivity contribution in [3.8, 4) is 5.75 Å². The third kappa shape index (κ3) is 6.44. The van der Waals surface area contributed by atoms with Gasteiger partial charge in [0.15, 0.2) is 13.2 Å². The molecule has 1 N–H and O–H groups in total. The van der Waals surface area contributed by atoms with Crippen molar-refractivity contribution < 1.29 is 19.1 Å². The van der Waals surface area contributed by atoms with Crippen LogP contribution < -0.4 is 10.1 Å². The Morgan fingerprint density at radius 1 is 1.00 bits per heavy atom. The van der Waals surface area contributed by atoms with Gasteiger partial charge in [0.2, 0.25) is 0 Å². The molecule has 1 atom stereocenters. The van der Waals surface area contributed by atoms with Crippen LogP contribution in [0.5, 0.6) is 5.75 Å². The number of ether oxygens (including phenoxy) is 2. The van der Waals surface area contributed by atoms with E-state index in [1.807, 2.05) is 62.4 Å². The van der Waals surface area contributed by atoms with Crippen molar-refractivity contribution in [2.24, 2.45) is 0 Å². The molecule has 0 aliphatic rings. The Labute approximate surface area is 160 Å². The highest BCUT2D eigenvalue weighted by Gasteiger charge is 2.14. The molecule has 0 radical (unpaired) electrons. The van der Waals surface area contributed by atoms with Crippen LogP contribution in [0.25, 0.3) is 0 Å². The van der Waals surface area contributed by atoms with Gasteiger partial charge in [0.1, 0.15) is 5.75 Å². The molecule has 0 heterocycles. The maximum Gasteiger partial charge on any atom is 0.344 e. The summed E-state index contributed by atoms with van der Waals surface area (Å²) in [5.74, 6) is 0.0258. The highest BCUT2D eigenvalue weighted by atomic mass is 16.6. The highest BCUT2D eigenvalue weighted by Crippen LogP contribution is 2.27. The van der Waals surface area contributed by atoms with Crippen molar-refractivity contribution in [3.63, 3.8) is 0 Å². The van der Waals surface area contributed by atoms with Crippen LogP contribution in [0.4, 0.5) is 0 Å². The zero-order chi connectivity index (χ0) is 19.8. The van der Waals surface area contributed by atoms with E-state index >= 15 is 0 Å². The van der Waals surface area contributed by atoms with E-state index in [0.717, 1.165) is 16.7 Å². The van der Waals surface area contributed by atoms with Crippen LogP contribution in [-0.2, 0) is 14.3 Å². The van der Waals surface area contributed by atoms with Crippen LogP contribution in [0.1, 0.15) is 49.4 Å². The number of esters is 1. The minimum atomic E-state index is -0.575. The molecule has 1 unspecified atom stereocenters. The summed E-state index contributed by atoms with van der Waals surface area (Å²) in [6, 6.07) is 15.3. The molecule has 0 saturated carbocycles. The average molecular weight is 369 g/mol. The first-order chi connectivity index (χ1) is 12.9. The van der Waals surface area contributed by atoms with Gasteiger partial charge in [0, 0.05) is 0 Å². The summed E-state index contributed by atoms with van der Waals surface area (Å²) in [6.45, 7) is 7.41. The second kappa shape index (κ2) is 9.76. The summed E-state index contributed by atoms with van der Waals surface area (Å²) >= 11 is 0. The SMILES string of the molecule is Cc1ccc(C(C)C)c(OCC(=O)OCC(=O)NC(C)c2ccccc2)c1. The number of aryl methyl sites for hydroxylation is 1. The molecule has 5 heteroatoms. The zero-order valence-corrected chi connectivity index (χ0v) is 16.3. The number of carbonyl (C=O) groups is 2. The summed E-state index contributed by atoms with van der Waals surface area (Å²) in [4.78, 5) is 23.9. The molecule has 0 aromatic heterocycles.